The first-order chi connectivity index (χ1) is 13.9. The number of fused-ring (bicyclic) bond motifs is 1. The fraction of sp³-hybridized carbons (Fsp3) is 0.579. The first-order valence-corrected chi connectivity index (χ1v) is 11.2. The summed E-state index contributed by atoms with van der Waals surface area (Å²) in [5.74, 6) is -0.216. The minimum atomic E-state index is -3.94. The van der Waals surface area contributed by atoms with E-state index in [9.17, 15) is 18.0 Å². The number of amides is 1. The number of hydrogen-bond acceptors (Lipinski definition) is 7. The van der Waals surface area contributed by atoms with Crippen molar-refractivity contribution >= 4 is 21.9 Å². The summed E-state index contributed by atoms with van der Waals surface area (Å²) in [6.45, 7) is 2.45. The second-order valence-corrected chi connectivity index (χ2v) is 9.33. The van der Waals surface area contributed by atoms with E-state index in [2.05, 4.69) is 5.32 Å². The fourth-order valence-electron chi connectivity index (χ4n) is 3.44. The second kappa shape index (κ2) is 7.83. The molecule has 1 saturated carbocycles. The van der Waals surface area contributed by atoms with Crippen molar-refractivity contribution in [3.05, 3.63) is 18.2 Å². The summed E-state index contributed by atoms with van der Waals surface area (Å²) < 4.78 is 43.6. The maximum atomic E-state index is 13.2. The molecule has 2 heterocycles. The van der Waals surface area contributed by atoms with Crippen LogP contribution < -0.4 is 14.8 Å². The van der Waals surface area contributed by atoms with Crippen molar-refractivity contribution in [1.82, 2.24) is 9.62 Å². The molecule has 1 amide bonds. The number of sulfonamides is 1. The molecule has 2 aliphatic heterocycles. The average molecular weight is 424 g/mol. The third-order valence-corrected chi connectivity index (χ3v) is 7.09. The van der Waals surface area contributed by atoms with Crippen molar-refractivity contribution in [3.8, 4) is 11.5 Å². The van der Waals surface area contributed by atoms with Crippen LogP contribution in [-0.2, 0) is 24.3 Å². The van der Waals surface area contributed by atoms with E-state index >= 15 is 0 Å². The SMILES string of the molecule is C[C@@H](OC(=O)[C@H]1CCCN1S(=O)(=O)c1ccc2c(c1)OCCO2)C(=O)NC1CC1. The van der Waals surface area contributed by atoms with E-state index in [1.54, 1.807) is 6.07 Å². The molecule has 158 valence electrons. The fourth-order valence-corrected chi connectivity index (χ4v) is 5.10. The van der Waals surface area contributed by atoms with Crippen LogP contribution in [0.4, 0.5) is 0 Å². The summed E-state index contributed by atoms with van der Waals surface area (Å²) in [6, 6.07) is 3.60. The van der Waals surface area contributed by atoms with Gasteiger partial charge >= 0.3 is 5.97 Å². The minimum absolute atomic E-state index is 0.0287. The summed E-state index contributed by atoms with van der Waals surface area (Å²) in [4.78, 5) is 24.7. The molecule has 0 radical (unpaired) electrons. The predicted molar refractivity (Wildman–Crippen MR) is 101 cm³/mol. The lowest BCUT2D eigenvalue weighted by atomic mass is 10.2. The Morgan fingerprint density at radius 3 is 2.62 bits per heavy atom. The number of ether oxygens (including phenoxy) is 3. The molecule has 2 fully saturated rings. The van der Waals surface area contributed by atoms with Crippen LogP contribution in [0.1, 0.15) is 32.6 Å². The molecule has 1 aromatic carbocycles. The molecule has 0 spiro atoms. The first kappa shape index (κ1) is 20.0. The van der Waals surface area contributed by atoms with Gasteiger partial charge in [0.15, 0.2) is 17.6 Å². The number of hydrogen-bond donors (Lipinski definition) is 1. The topological polar surface area (TPSA) is 111 Å². The highest BCUT2D eigenvalue weighted by Gasteiger charge is 2.42. The van der Waals surface area contributed by atoms with Crippen LogP contribution in [-0.4, -0.2) is 62.5 Å². The highest BCUT2D eigenvalue weighted by Crippen LogP contribution is 2.35. The molecular formula is C19H24N2O7S. The molecule has 2 atom stereocenters. The number of rotatable bonds is 6. The van der Waals surface area contributed by atoms with E-state index < -0.39 is 28.1 Å². The van der Waals surface area contributed by atoms with Gasteiger partial charge in [0.1, 0.15) is 19.3 Å². The number of carbonyl (C=O) groups is 2. The maximum Gasteiger partial charge on any atom is 0.325 e. The van der Waals surface area contributed by atoms with E-state index in [1.165, 1.54) is 19.1 Å². The second-order valence-electron chi connectivity index (χ2n) is 7.44. The predicted octanol–water partition coefficient (Wildman–Crippen LogP) is 0.821. The van der Waals surface area contributed by atoms with E-state index in [1.807, 2.05) is 0 Å². The van der Waals surface area contributed by atoms with Crippen molar-refractivity contribution in [1.29, 1.82) is 0 Å². The Balaban J connectivity index is 1.48. The van der Waals surface area contributed by atoms with Crippen molar-refractivity contribution in [2.45, 2.75) is 55.7 Å². The van der Waals surface area contributed by atoms with Crippen molar-refractivity contribution in [2.75, 3.05) is 19.8 Å². The van der Waals surface area contributed by atoms with E-state index in [0.717, 1.165) is 17.1 Å². The molecule has 1 aromatic rings. The Hall–Kier alpha value is -2.33. The molecule has 0 bridgehead atoms. The molecule has 3 aliphatic rings. The molecule has 9 nitrogen and oxygen atoms in total. The molecule has 10 heteroatoms. The Kier molecular flexibility index (Phi) is 5.39. The maximum absolute atomic E-state index is 13.2. The number of benzene rings is 1. The quantitative estimate of drug-likeness (QED) is 0.673. The van der Waals surface area contributed by atoms with Gasteiger partial charge in [-0.3, -0.25) is 9.59 Å². The van der Waals surface area contributed by atoms with Crippen LogP contribution in [0.2, 0.25) is 0 Å². The highest BCUT2D eigenvalue weighted by atomic mass is 32.2. The van der Waals surface area contributed by atoms with Crippen LogP contribution in [0.25, 0.3) is 0 Å². The molecule has 1 N–H and O–H groups in total. The number of esters is 1. The lowest BCUT2D eigenvalue weighted by Gasteiger charge is -2.25. The molecule has 1 saturated heterocycles. The largest absolute Gasteiger partial charge is 0.486 e. The smallest absolute Gasteiger partial charge is 0.325 e. The minimum Gasteiger partial charge on any atom is -0.486 e. The zero-order chi connectivity index (χ0) is 20.6. The molecule has 0 unspecified atom stereocenters. The van der Waals surface area contributed by atoms with Gasteiger partial charge in [0.2, 0.25) is 10.0 Å². The Morgan fingerprint density at radius 2 is 1.90 bits per heavy atom. The van der Waals surface area contributed by atoms with Gasteiger partial charge in [-0.1, -0.05) is 0 Å². The zero-order valence-electron chi connectivity index (χ0n) is 16.1. The van der Waals surface area contributed by atoms with Gasteiger partial charge in [-0.05, 0) is 44.7 Å². The lowest BCUT2D eigenvalue weighted by molar-refractivity contribution is -0.157. The summed E-state index contributed by atoms with van der Waals surface area (Å²) >= 11 is 0. The zero-order valence-corrected chi connectivity index (χ0v) is 16.9. The van der Waals surface area contributed by atoms with Crippen LogP contribution in [0.15, 0.2) is 23.1 Å². The highest BCUT2D eigenvalue weighted by molar-refractivity contribution is 7.89. The van der Waals surface area contributed by atoms with Crippen LogP contribution in [0, 0.1) is 0 Å². The summed E-state index contributed by atoms with van der Waals surface area (Å²) in [6.07, 6.45) is 1.77. The normalized spacial score (nSPS) is 22.7. The lowest BCUT2D eigenvalue weighted by Crippen LogP contribution is -2.44. The Labute approximate surface area is 169 Å². The van der Waals surface area contributed by atoms with Gasteiger partial charge in [-0.25, -0.2) is 8.42 Å². The first-order valence-electron chi connectivity index (χ1n) is 9.78. The standard InChI is InChI=1S/C19H24N2O7S/c1-12(18(22)20-13-4-5-13)28-19(23)15-3-2-8-21(15)29(24,25)14-6-7-16-17(11-14)27-10-9-26-16/h6-7,11-13,15H,2-5,8-10H2,1H3,(H,20,22)/t12-,15-/m1/s1. The molecule has 29 heavy (non-hydrogen) atoms. The van der Waals surface area contributed by atoms with Gasteiger partial charge in [0.05, 0.1) is 4.90 Å². The van der Waals surface area contributed by atoms with Crippen LogP contribution in [0.5, 0.6) is 11.5 Å². The number of nitrogens with one attached hydrogen (secondary N) is 1. The number of carbonyl (C=O) groups excluding carboxylic acids is 2. The van der Waals surface area contributed by atoms with Gasteiger partial charge in [-0.2, -0.15) is 4.31 Å². The summed E-state index contributed by atoms with van der Waals surface area (Å²) in [5, 5.41) is 2.77. The molecule has 0 aromatic heterocycles. The molecule has 1 aliphatic carbocycles. The van der Waals surface area contributed by atoms with Crippen LogP contribution >= 0.6 is 0 Å². The van der Waals surface area contributed by atoms with Gasteiger partial charge in [0.25, 0.3) is 5.91 Å². The van der Waals surface area contributed by atoms with Gasteiger partial charge < -0.3 is 19.5 Å². The van der Waals surface area contributed by atoms with Crippen LogP contribution in [0.3, 0.4) is 0 Å². The number of nitrogens with zero attached hydrogens (tertiary/aromatic N) is 1. The van der Waals surface area contributed by atoms with Crippen molar-refractivity contribution in [3.63, 3.8) is 0 Å². The monoisotopic (exact) mass is 424 g/mol. The van der Waals surface area contributed by atoms with Gasteiger partial charge in [0, 0.05) is 18.7 Å². The summed E-state index contributed by atoms with van der Waals surface area (Å²) in [7, 11) is -3.94. The average Bonchev–Trinajstić information content (AvgIpc) is 3.37. The van der Waals surface area contributed by atoms with E-state index in [0.29, 0.717) is 37.6 Å². The van der Waals surface area contributed by atoms with E-state index in [-0.39, 0.29) is 23.4 Å². The molecular weight excluding hydrogens is 400 g/mol. The third kappa shape index (κ3) is 4.18. The Morgan fingerprint density at radius 1 is 1.17 bits per heavy atom. The van der Waals surface area contributed by atoms with Gasteiger partial charge in [-0.15, -0.1) is 0 Å². The van der Waals surface area contributed by atoms with Crippen molar-refractivity contribution in [2.24, 2.45) is 0 Å². The van der Waals surface area contributed by atoms with Crippen molar-refractivity contribution < 1.29 is 32.2 Å². The Bertz CT molecular complexity index is 913. The van der Waals surface area contributed by atoms with E-state index in [4.69, 9.17) is 14.2 Å². The summed E-state index contributed by atoms with van der Waals surface area (Å²) in [5.41, 5.74) is 0. The molecule has 4 rings (SSSR count). The third-order valence-electron chi connectivity index (χ3n) is 5.18.